The summed E-state index contributed by atoms with van der Waals surface area (Å²) in [5.74, 6) is 0.437. The summed E-state index contributed by atoms with van der Waals surface area (Å²) in [5.41, 5.74) is 2.04. The molecule has 0 aliphatic carbocycles. The van der Waals surface area contributed by atoms with E-state index in [9.17, 15) is 4.79 Å². The molecule has 3 nitrogen and oxygen atoms in total. The fourth-order valence-electron chi connectivity index (χ4n) is 1.90. The summed E-state index contributed by atoms with van der Waals surface area (Å²) in [6, 6.07) is 5.77. The van der Waals surface area contributed by atoms with Crippen molar-refractivity contribution in [3.63, 3.8) is 0 Å². The van der Waals surface area contributed by atoms with Gasteiger partial charge in [0.2, 0.25) is 0 Å². The Labute approximate surface area is 115 Å². The van der Waals surface area contributed by atoms with Crippen LogP contribution in [-0.4, -0.2) is 11.3 Å². The monoisotopic (exact) mass is 264 g/mol. The van der Waals surface area contributed by atoms with E-state index in [1.165, 1.54) is 5.56 Å². The maximum Gasteiger partial charge on any atom is 0.511 e. The first kappa shape index (κ1) is 15.5. The van der Waals surface area contributed by atoms with E-state index in [1.807, 2.05) is 6.07 Å². The fourth-order valence-corrected chi connectivity index (χ4v) is 1.90. The Morgan fingerprint density at radius 1 is 1.21 bits per heavy atom. The molecule has 0 amide bonds. The van der Waals surface area contributed by atoms with Gasteiger partial charge >= 0.3 is 6.16 Å². The van der Waals surface area contributed by atoms with Gasteiger partial charge in [-0.3, -0.25) is 0 Å². The topological polar surface area (TPSA) is 46.5 Å². The van der Waals surface area contributed by atoms with Gasteiger partial charge < -0.3 is 9.84 Å². The molecule has 3 heteroatoms. The number of rotatable bonds is 3. The lowest BCUT2D eigenvalue weighted by Gasteiger charge is -2.28. The van der Waals surface area contributed by atoms with Gasteiger partial charge in [-0.05, 0) is 28.9 Å². The highest BCUT2D eigenvalue weighted by Gasteiger charge is 2.26. The zero-order chi connectivity index (χ0) is 14.8. The van der Waals surface area contributed by atoms with E-state index < -0.39 is 6.16 Å². The highest BCUT2D eigenvalue weighted by molar-refractivity contribution is 5.62. The van der Waals surface area contributed by atoms with Gasteiger partial charge in [0.25, 0.3) is 0 Å². The average Bonchev–Trinajstić information content (AvgIpc) is 2.27. The molecule has 0 bridgehead atoms. The van der Waals surface area contributed by atoms with Crippen molar-refractivity contribution in [1.29, 1.82) is 0 Å². The minimum absolute atomic E-state index is 0.0281. The van der Waals surface area contributed by atoms with Crippen molar-refractivity contribution in [3.8, 4) is 5.75 Å². The number of hydrogen-bond donors (Lipinski definition) is 1. The summed E-state index contributed by atoms with van der Waals surface area (Å²) in [5, 5.41) is 8.84. The Kier molecular flexibility index (Phi) is 4.28. The summed E-state index contributed by atoms with van der Waals surface area (Å²) < 4.78 is 4.92. The van der Waals surface area contributed by atoms with Crippen LogP contribution in [0, 0.1) is 0 Å². The van der Waals surface area contributed by atoms with Crippen molar-refractivity contribution >= 4 is 6.16 Å². The molecule has 0 aliphatic heterocycles. The lowest BCUT2D eigenvalue weighted by molar-refractivity contribution is 0.143. The molecule has 1 rings (SSSR count). The highest BCUT2D eigenvalue weighted by Crippen LogP contribution is 2.37. The zero-order valence-corrected chi connectivity index (χ0v) is 12.7. The van der Waals surface area contributed by atoms with Crippen LogP contribution in [0.4, 0.5) is 4.79 Å². The van der Waals surface area contributed by atoms with Crippen LogP contribution in [0.15, 0.2) is 18.2 Å². The molecular formula is C16H24O3. The van der Waals surface area contributed by atoms with Crippen LogP contribution in [-0.2, 0) is 10.8 Å². The lowest BCUT2D eigenvalue weighted by atomic mass is 9.78. The molecule has 0 spiro atoms. The van der Waals surface area contributed by atoms with Gasteiger partial charge in [0.1, 0.15) is 5.75 Å². The third-order valence-corrected chi connectivity index (χ3v) is 3.66. The van der Waals surface area contributed by atoms with E-state index in [-0.39, 0.29) is 10.8 Å². The predicted octanol–water partition coefficient (Wildman–Crippen LogP) is 4.73. The van der Waals surface area contributed by atoms with Crippen molar-refractivity contribution in [2.75, 3.05) is 0 Å². The predicted molar refractivity (Wildman–Crippen MR) is 77.1 cm³/mol. The third-order valence-electron chi connectivity index (χ3n) is 3.66. The zero-order valence-electron chi connectivity index (χ0n) is 12.7. The van der Waals surface area contributed by atoms with Crippen molar-refractivity contribution in [1.82, 2.24) is 0 Å². The standard InChI is InChI=1S/C16H24O3/c1-7-16(5,6)12-10-11(15(2,3)4)8-9-13(12)19-14(17)18/h8-10H,7H2,1-6H3,(H,17,18). The van der Waals surface area contributed by atoms with E-state index in [0.29, 0.717) is 5.75 Å². The number of carbonyl (C=O) groups is 1. The van der Waals surface area contributed by atoms with Crippen molar-refractivity contribution in [2.45, 2.75) is 58.8 Å². The first-order valence-electron chi connectivity index (χ1n) is 6.63. The maximum atomic E-state index is 10.8. The molecular weight excluding hydrogens is 240 g/mol. The Bertz CT molecular complexity index is 467. The van der Waals surface area contributed by atoms with Crippen LogP contribution in [0.5, 0.6) is 5.75 Å². The number of ether oxygens (including phenoxy) is 1. The normalized spacial score (nSPS) is 12.3. The highest BCUT2D eigenvalue weighted by atomic mass is 16.7. The van der Waals surface area contributed by atoms with Gasteiger partial charge in [-0.2, -0.15) is 0 Å². The first-order chi connectivity index (χ1) is 8.58. The summed E-state index contributed by atoms with van der Waals surface area (Å²) in [4.78, 5) is 10.8. The molecule has 0 saturated heterocycles. The van der Waals surface area contributed by atoms with Crippen LogP contribution >= 0.6 is 0 Å². The van der Waals surface area contributed by atoms with E-state index in [1.54, 1.807) is 6.07 Å². The fraction of sp³-hybridized carbons (Fsp3) is 0.562. The molecule has 1 N–H and O–H groups in total. The lowest BCUT2D eigenvalue weighted by Crippen LogP contribution is -2.20. The minimum atomic E-state index is -1.27. The average molecular weight is 264 g/mol. The Morgan fingerprint density at radius 3 is 2.21 bits per heavy atom. The van der Waals surface area contributed by atoms with Gasteiger partial charge in [0.05, 0.1) is 0 Å². The molecule has 0 aliphatic rings. The molecule has 0 fully saturated rings. The Hall–Kier alpha value is -1.51. The maximum absolute atomic E-state index is 10.8. The van der Waals surface area contributed by atoms with Crippen LogP contribution in [0.25, 0.3) is 0 Å². The molecule has 1 aromatic rings. The van der Waals surface area contributed by atoms with E-state index in [0.717, 1.165) is 12.0 Å². The summed E-state index contributed by atoms with van der Waals surface area (Å²) >= 11 is 0. The summed E-state index contributed by atoms with van der Waals surface area (Å²) in [7, 11) is 0. The molecule has 0 saturated carbocycles. The number of benzene rings is 1. The van der Waals surface area contributed by atoms with Gasteiger partial charge in [-0.15, -0.1) is 0 Å². The molecule has 0 aromatic heterocycles. The van der Waals surface area contributed by atoms with Gasteiger partial charge in [-0.1, -0.05) is 53.7 Å². The minimum Gasteiger partial charge on any atom is -0.449 e. The van der Waals surface area contributed by atoms with Crippen LogP contribution < -0.4 is 4.74 Å². The first-order valence-corrected chi connectivity index (χ1v) is 6.63. The van der Waals surface area contributed by atoms with Gasteiger partial charge in [0, 0.05) is 5.56 Å². The Balaban J connectivity index is 3.38. The second kappa shape index (κ2) is 5.24. The second-order valence-electron chi connectivity index (χ2n) is 6.57. The third kappa shape index (κ3) is 3.72. The molecule has 19 heavy (non-hydrogen) atoms. The number of carboxylic acid groups (broad SMARTS) is 1. The van der Waals surface area contributed by atoms with Crippen molar-refractivity contribution in [2.24, 2.45) is 0 Å². The van der Waals surface area contributed by atoms with Gasteiger partial charge in [0.15, 0.2) is 0 Å². The van der Waals surface area contributed by atoms with E-state index in [4.69, 9.17) is 9.84 Å². The summed E-state index contributed by atoms with van der Waals surface area (Å²) in [6.07, 6.45) is -0.354. The van der Waals surface area contributed by atoms with Crippen LogP contribution in [0.1, 0.15) is 59.1 Å². The molecule has 0 atom stereocenters. The molecule has 1 aromatic carbocycles. The molecule has 0 heterocycles. The largest absolute Gasteiger partial charge is 0.511 e. The molecule has 106 valence electrons. The van der Waals surface area contributed by atoms with E-state index >= 15 is 0 Å². The second-order valence-corrected chi connectivity index (χ2v) is 6.57. The SMILES string of the molecule is CCC(C)(C)c1cc(C(C)(C)C)ccc1OC(=O)O. The Morgan fingerprint density at radius 2 is 1.79 bits per heavy atom. The molecule has 0 radical (unpaired) electrons. The quantitative estimate of drug-likeness (QED) is 0.634. The summed E-state index contributed by atoms with van der Waals surface area (Å²) in [6.45, 7) is 12.7. The molecule has 0 unspecified atom stereocenters. The smallest absolute Gasteiger partial charge is 0.449 e. The van der Waals surface area contributed by atoms with Crippen LogP contribution in [0.2, 0.25) is 0 Å². The van der Waals surface area contributed by atoms with Crippen molar-refractivity contribution < 1.29 is 14.6 Å². The van der Waals surface area contributed by atoms with Gasteiger partial charge in [-0.25, -0.2) is 4.79 Å². The van der Waals surface area contributed by atoms with E-state index in [2.05, 4.69) is 47.6 Å². The van der Waals surface area contributed by atoms with Crippen LogP contribution in [0.3, 0.4) is 0 Å². The van der Waals surface area contributed by atoms with Crippen molar-refractivity contribution in [3.05, 3.63) is 29.3 Å². The number of hydrogen-bond acceptors (Lipinski definition) is 2.